The van der Waals surface area contributed by atoms with Crippen molar-refractivity contribution in [2.75, 3.05) is 26.7 Å². The van der Waals surface area contributed by atoms with E-state index < -0.39 is 0 Å². The minimum Gasteiger partial charge on any atom is -0.304 e. The van der Waals surface area contributed by atoms with E-state index in [4.69, 9.17) is 0 Å². The van der Waals surface area contributed by atoms with Crippen molar-refractivity contribution in [2.24, 2.45) is 10.6 Å². The van der Waals surface area contributed by atoms with Crippen molar-refractivity contribution in [3.05, 3.63) is 9.81 Å². The molecule has 10 nitrogen and oxygen atoms in total. The van der Waals surface area contributed by atoms with Crippen molar-refractivity contribution in [1.29, 1.82) is 0 Å². The first kappa shape index (κ1) is 13.8. The Hall–Kier alpha value is -2.26. The minimum atomic E-state index is -0.325. The van der Waals surface area contributed by atoms with Gasteiger partial charge in [-0.1, -0.05) is 0 Å². The number of rotatable bonds is 2. The third-order valence-corrected chi connectivity index (χ3v) is 2.46. The fraction of sp³-hybridized carbons (Fsp3) is 0.750. The molecule has 100 valence electrons. The zero-order valence-corrected chi connectivity index (χ0v) is 10.1. The van der Waals surface area contributed by atoms with Crippen molar-refractivity contribution in [3.63, 3.8) is 0 Å². The summed E-state index contributed by atoms with van der Waals surface area (Å²) in [7, 11) is 0. The van der Waals surface area contributed by atoms with E-state index in [-0.39, 0.29) is 38.5 Å². The normalized spacial score (nSPS) is 17.0. The van der Waals surface area contributed by atoms with Gasteiger partial charge in [0.2, 0.25) is 11.8 Å². The smallest absolute Gasteiger partial charge is 0.222 e. The number of nitrogens with zero attached hydrogens (tertiary/aromatic N) is 6. The number of carbonyl (C=O) groups excluding carboxylic acids is 2. The molecule has 1 fully saturated rings. The molecule has 10 heteroatoms. The van der Waals surface area contributed by atoms with E-state index in [9.17, 15) is 19.4 Å². The first-order valence-electron chi connectivity index (χ1n) is 5.15. The summed E-state index contributed by atoms with van der Waals surface area (Å²) in [5, 5.41) is 7.50. The molecule has 0 aromatic rings. The molecule has 1 aliphatic heterocycles. The van der Waals surface area contributed by atoms with Crippen LogP contribution in [0.2, 0.25) is 0 Å². The summed E-state index contributed by atoms with van der Waals surface area (Å²) in [6.07, 6.45) is 0. The minimum absolute atomic E-state index is 0.103. The van der Waals surface area contributed by atoms with Gasteiger partial charge in [-0.15, -0.1) is 9.81 Å². The van der Waals surface area contributed by atoms with E-state index in [0.717, 1.165) is 10.0 Å². The molecular weight excluding hydrogens is 244 g/mol. The summed E-state index contributed by atoms with van der Waals surface area (Å²) >= 11 is 0. The van der Waals surface area contributed by atoms with E-state index >= 15 is 0 Å². The highest BCUT2D eigenvalue weighted by atomic mass is 16.3. The number of nitroso groups, excluding NO2 is 2. The van der Waals surface area contributed by atoms with Crippen LogP contribution in [0.25, 0.3) is 0 Å². The van der Waals surface area contributed by atoms with E-state index in [1.807, 2.05) is 0 Å². The Labute approximate surface area is 103 Å². The Balaban J connectivity index is 2.88. The molecule has 0 bridgehead atoms. The first-order chi connectivity index (χ1) is 8.47. The van der Waals surface area contributed by atoms with Crippen LogP contribution in [-0.4, -0.2) is 58.3 Å². The predicted molar refractivity (Wildman–Crippen MR) is 59.8 cm³/mol. The van der Waals surface area contributed by atoms with Crippen LogP contribution in [-0.2, 0) is 9.59 Å². The number of carbonyl (C=O) groups is 2. The van der Waals surface area contributed by atoms with E-state index in [2.05, 4.69) is 10.6 Å². The van der Waals surface area contributed by atoms with Gasteiger partial charge in [-0.05, 0) is 0 Å². The maximum atomic E-state index is 11.3. The lowest BCUT2D eigenvalue weighted by molar-refractivity contribution is -0.144. The monoisotopic (exact) mass is 258 g/mol. The largest absolute Gasteiger partial charge is 0.304 e. The molecule has 0 aromatic carbocycles. The van der Waals surface area contributed by atoms with E-state index in [0.29, 0.717) is 0 Å². The van der Waals surface area contributed by atoms with Gasteiger partial charge in [-0.25, -0.2) is 10.0 Å². The third kappa shape index (κ3) is 3.37. The second-order valence-electron chi connectivity index (χ2n) is 3.86. The Morgan fingerprint density at radius 2 is 1.06 bits per heavy atom. The van der Waals surface area contributed by atoms with Gasteiger partial charge in [-0.2, -0.15) is 0 Å². The summed E-state index contributed by atoms with van der Waals surface area (Å²) in [5.74, 6) is -0.651. The lowest BCUT2D eigenvalue weighted by Gasteiger charge is -2.36. The topological polar surface area (TPSA) is 106 Å². The summed E-state index contributed by atoms with van der Waals surface area (Å²) in [6.45, 7) is 2.19. The second kappa shape index (κ2) is 5.89. The number of hydrogen-bond donors (Lipinski definition) is 0. The van der Waals surface area contributed by atoms with Crippen LogP contribution in [0.15, 0.2) is 10.6 Å². The second-order valence-corrected chi connectivity index (χ2v) is 3.86. The highest BCUT2D eigenvalue weighted by Gasteiger charge is 2.25. The molecule has 0 atom stereocenters. The van der Waals surface area contributed by atoms with Gasteiger partial charge < -0.3 is 9.80 Å². The maximum absolute atomic E-state index is 11.3. The van der Waals surface area contributed by atoms with Gasteiger partial charge in [0, 0.05) is 13.8 Å². The Bertz CT molecular complexity index is 315. The zero-order valence-electron chi connectivity index (χ0n) is 10.1. The summed E-state index contributed by atoms with van der Waals surface area (Å²) in [6, 6.07) is 0. The molecule has 1 saturated heterocycles. The first-order valence-corrected chi connectivity index (χ1v) is 5.15. The molecule has 1 rings (SSSR count). The average molecular weight is 258 g/mol. The van der Waals surface area contributed by atoms with Crippen molar-refractivity contribution in [3.8, 4) is 0 Å². The lowest BCUT2D eigenvalue weighted by Crippen LogP contribution is -2.53. The van der Waals surface area contributed by atoms with Gasteiger partial charge in [0.05, 0.1) is 10.6 Å². The van der Waals surface area contributed by atoms with Crippen LogP contribution in [0.5, 0.6) is 0 Å². The van der Waals surface area contributed by atoms with Gasteiger partial charge in [-0.3, -0.25) is 9.59 Å². The third-order valence-electron chi connectivity index (χ3n) is 2.46. The zero-order chi connectivity index (χ0) is 13.7. The molecule has 0 spiro atoms. The van der Waals surface area contributed by atoms with Crippen molar-refractivity contribution in [2.45, 2.75) is 13.8 Å². The van der Waals surface area contributed by atoms with Crippen LogP contribution in [0.1, 0.15) is 13.8 Å². The SMILES string of the molecule is CC(=O)N1CN(N=O)CN(C(C)=O)CN(N=O)C1. The Morgan fingerprint density at radius 1 is 0.778 bits per heavy atom. The van der Waals surface area contributed by atoms with Gasteiger partial charge in [0.25, 0.3) is 0 Å². The van der Waals surface area contributed by atoms with Crippen molar-refractivity contribution in [1.82, 2.24) is 19.8 Å². The van der Waals surface area contributed by atoms with Crippen LogP contribution in [0.4, 0.5) is 0 Å². The number of hydrogen-bond acceptors (Lipinski definition) is 6. The molecule has 18 heavy (non-hydrogen) atoms. The molecule has 1 aliphatic rings. The van der Waals surface area contributed by atoms with Crippen molar-refractivity contribution >= 4 is 11.8 Å². The van der Waals surface area contributed by atoms with Crippen LogP contribution in [0, 0.1) is 9.81 Å². The molecular formula is C8H14N6O4. The van der Waals surface area contributed by atoms with E-state index in [1.54, 1.807) is 0 Å². The molecule has 1 heterocycles. The molecule has 0 radical (unpaired) electrons. The molecule has 0 N–H and O–H groups in total. The van der Waals surface area contributed by atoms with Crippen LogP contribution < -0.4 is 0 Å². The van der Waals surface area contributed by atoms with Crippen molar-refractivity contribution < 1.29 is 9.59 Å². The molecule has 0 unspecified atom stereocenters. The summed E-state index contributed by atoms with van der Waals surface area (Å²) in [4.78, 5) is 46.3. The van der Waals surface area contributed by atoms with Crippen LogP contribution >= 0.6 is 0 Å². The molecule has 0 aliphatic carbocycles. The molecule has 0 aromatic heterocycles. The fourth-order valence-electron chi connectivity index (χ4n) is 1.47. The highest BCUT2D eigenvalue weighted by Crippen LogP contribution is 2.08. The quantitative estimate of drug-likeness (QED) is 0.618. The molecule has 0 saturated carbocycles. The maximum Gasteiger partial charge on any atom is 0.222 e. The lowest BCUT2D eigenvalue weighted by atomic mass is 10.5. The van der Waals surface area contributed by atoms with Gasteiger partial charge in [0.1, 0.15) is 26.7 Å². The van der Waals surface area contributed by atoms with E-state index in [1.165, 1.54) is 23.6 Å². The average Bonchev–Trinajstić information content (AvgIpc) is 2.28. The summed E-state index contributed by atoms with van der Waals surface area (Å²) in [5.41, 5.74) is 0. The summed E-state index contributed by atoms with van der Waals surface area (Å²) < 4.78 is 0. The Morgan fingerprint density at radius 3 is 1.22 bits per heavy atom. The highest BCUT2D eigenvalue weighted by molar-refractivity contribution is 5.74. The molecule has 2 amide bonds. The van der Waals surface area contributed by atoms with Gasteiger partial charge in [0.15, 0.2) is 0 Å². The number of amides is 2. The van der Waals surface area contributed by atoms with Crippen LogP contribution in [0.3, 0.4) is 0 Å². The fourth-order valence-corrected chi connectivity index (χ4v) is 1.47. The predicted octanol–water partition coefficient (Wildman–Crippen LogP) is -0.506. The van der Waals surface area contributed by atoms with Gasteiger partial charge >= 0.3 is 0 Å². The Kier molecular flexibility index (Phi) is 4.52. The standard InChI is InChI=1S/C8H14N6O4/c1-7(15)11-3-13(9-17)5-12(8(2)16)6-14(4-11)10-18/h3-6H2,1-2H3.